The van der Waals surface area contributed by atoms with Crippen molar-refractivity contribution in [2.24, 2.45) is 16.1 Å². The molecule has 0 saturated carbocycles. The van der Waals surface area contributed by atoms with E-state index < -0.39 is 0 Å². The van der Waals surface area contributed by atoms with Gasteiger partial charge in [0, 0.05) is 13.1 Å². The predicted octanol–water partition coefficient (Wildman–Crippen LogP) is 1.30. The second-order valence-corrected chi connectivity index (χ2v) is 5.02. The molecule has 1 rings (SSSR count). The number of hydrogen-bond donors (Lipinski definition) is 1. The van der Waals surface area contributed by atoms with E-state index in [4.69, 9.17) is 16.9 Å². The van der Waals surface area contributed by atoms with Crippen molar-refractivity contribution in [2.75, 3.05) is 26.3 Å². The van der Waals surface area contributed by atoms with E-state index in [1.807, 2.05) is 4.90 Å². The van der Waals surface area contributed by atoms with Gasteiger partial charge in [0.15, 0.2) is 5.96 Å². The topological polar surface area (TPSA) is 50.8 Å². The Labute approximate surface area is 121 Å². The molecule has 0 amide bonds. The van der Waals surface area contributed by atoms with Crippen molar-refractivity contribution in [3.8, 4) is 12.3 Å². The normalized spacial score (nSPS) is 19.2. The molecule has 0 radical (unpaired) electrons. The number of halogens is 1. The third kappa shape index (κ3) is 5.13. The average molecular weight is 351 g/mol. The first kappa shape index (κ1) is 16.5. The Morgan fingerprint density at radius 1 is 1.41 bits per heavy atom. The summed E-state index contributed by atoms with van der Waals surface area (Å²) >= 11 is 0. The molecule has 0 aliphatic carbocycles. The van der Waals surface area contributed by atoms with Crippen LogP contribution < -0.4 is 5.73 Å². The Morgan fingerprint density at radius 3 is 2.35 bits per heavy atom. The Morgan fingerprint density at radius 2 is 1.94 bits per heavy atom. The highest BCUT2D eigenvalue weighted by Gasteiger charge is 2.23. The van der Waals surface area contributed by atoms with E-state index in [9.17, 15) is 0 Å². The molecule has 98 valence electrons. The highest BCUT2D eigenvalue weighted by atomic mass is 127. The maximum atomic E-state index is 5.95. The minimum absolute atomic E-state index is 0. The molecule has 1 fully saturated rings. The molecule has 1 heterocycles. The first-order valence-electron chi connectivity index (χ1n) is 5.57. The summed E-state index contributed by atoms with van der Waals surface area (Å²) in [4.78, 5) is 6.43. The van der Waals surface area contributed by atoms with Crippen LogP contribution in [0, 0.1) is 17.8 Å². The van der Waals surface area contributed by atoms with Crippen LogP contribution in [0.4, 0.5) is 0 Å². The van der Waals surface area contributed by atoms with E-state index in [2.05, 4.69) is 31.7 Å². The van der Waals surface area contributed by atoms with Gasteiger partial charge in [-0.15, -0.1) is 30.4 Å². The van der Waals surface area contributed by atoms with Gasteiger partial charge in [-0.2, -0.15) is 0 Å². The van der Waals surface area contributed by atoms with Crippen molar-refractivity contribution in [1.82, 2.24) is 4.90 Å². The lowest BCUT2D eigenvalue weighted by Crippen LogP contribution is -2.45. The highest BCUT2D eigenvalue weighted by Crippen LogP contribution is 2.21. The summed E-state index contributed by atoms with van der Waals surface area (Å²) in [7, 11) is 0. The molecule has 1 atom stereocenters. The molecule has 0 aromatic carbocycles. The van der Waals surface area contributed by atoms with Gasteiger partial charge < -0.3 is 15.4 Å². The van der Waals surface area contributed by atoms with Gasteiger partial charge in [0.1, 0.15) is 6.04 Å². The standard InChI is InChI=1S/C12H21N3O.HI/c1-5-10(12(2,3)4)14-11(13)15-6-8-16-9-7-15;/h1,10H,6-9H2,2-4H3,(H2,13,14);1H. The number of hydrogen-bond acceptors (Lipinski definition) is 2. The van der Waals surface area contributed by atoms with E-state index >= 15 is 0 Å². The van der Waals surface area contributed by atoms with Crippen molar-refractivity contribution < 1.29 is 4.74 Å². The molecule has 0 bridgehead atoms. The molecule has 1 saturated heterocycles. The third-order valence-electron chi connectivity index (χ3n) is 2.57. The third-order valence-corrected chi connectivity index (χ3v) is 2.57. The summed E-state index contributed by atoms with van der Waals surface area (Å²) in [6, 6.07) is -0.185. The number of terminal acetylenes is 1. The van der Waals surface area contributed by atoms with Crippen LogP contribution in [0.25, 0.3) is 0 Å². The zero-order valence-electron chi connectivity index (χ0n) is 10.8. The van der Waals surface area contributed by atoms with Crippen molar-refractivity contribution in [2.45, 2.75) is 26.8 Å². The maximum absolute atomic E-state index is 5.95. The van der Waals surface area contributed by atoms with Crippen molar-refractivity contribution in [1.29, 1.82) is 0 Å². The van der Waals surface area contributed by atoms with E-state index in [0.717, 1.165) is 13.1 Å². The van der Waals surface area contributed by atoms with Gasteiger partial charge in [-0.1, -0.05) is 26.7 Å². The summed E-state index contributed by atoms with van der Waals surface area (Å²) < 4.78 is 5.26. The van der Waals surface area contributed by atoms with Gasteiger partial charge >= 0.3 is 0 Å². The van der Waals surface area contributed by atoms with Gasteiger partial charge in [-0.05, 0) is 5.41 Å². The quantitative estimate of drug-likeness (QED) is 0.335. The van der Waals surface area contributed by atoms with Crippen molar-refractivity contribution >= 4 is 29.9 Å². The Hall–Kier alpha value is -0.480. The minimum Gasteiger partial charge on any atom is -0.378 e. The number of rotatable bonds is 1. The monoisotopic (exact) mass is 351 g/mol. The molecule has 17 heavy (non-hydrogen) atoms. The average Bonchev–Trinajstić information content (AvgIpc) is 2.25. The summed E-state index contributed by atoms with van der Waals surface area (Å²) in [5.74, 6) is 3.22. The highest BCUT2D eigenvalue weighted by molar-refractivity contribution is 14.0. The second-order valence-electron chi connectivity index (χ2n) is 5.02. The number of aliphatic imine (C=N–C) groups is 1. The molecule has 1 aliphatic rings. The predicted molar refractivity (Wildman–Crippen MR) is 81.5 cm³/mol. The maximum Gasteiger partial charge on any atom is 0.192 e. The lowest BCUT2D eigenvalue weighted by Gasteiger charge is -2.30. The molecule has 0 aromatic heterocycles. The fourth-order valence-electron chi connectivity index (χ4n) is 1.49. The minimum atomic E-state index is -0.185. The summed E-state index contributed by atoms with van der Waals surface area (Å²) in [5, 5.41) is 0. The number of nitrogens with zero attached hydrogens (tertiary/aromatic N) is 2. The lowest BCUT2D eigenvalue weighted by molar-refractivity contribution is 0.0672. The Bertz CT molecular complexity index is 298. The molecule has 2 N–H and O–H groups in total. The van der Waals surface area contributed by atoms with Gasteiger partial charge in [-0.25, -0.2) is 4.99 Å². The van der Waals surface area contributed by atoms with Crippen LogP contribution in [0.3, 0.4) is 0 Å². The number of guanidine groups is 1. The molecule has 0 aromatic rings. The van der Waals surface area contributed by atoms with Crippen molar-refractivity contribution in [3.05, 3.63) is 0 Å². The van der Waals surface area contributed by atoms with Crippen LogP contribution in [-0.2, 0) is 4.74 Å². The van der Waals surface area contributed by atoms with Crippen LogP contribution in [0.15, 0.2) is 4.99 Å². The largest absolute Gasteiger partial charge is 0.378 e. The van der Waals surface area contributed by atoms with Gasteiger partial charge in [0.25, 0.3) is 0 Å². The molecule has 1 aliphatic heterocycles. The van der Waals surface area contributed by atoms with E-state index in [0.29, 0.717) is 19.2 Å². The SMILES string of the molecule is C#CC(N=C(N)N1CCOCC1)C(C)(C)C.I. The summed E-state index contributed by atoms with van der Waals surface area (Å²) in [6.07, 6.45) is 5.48. The number of nitrogens with two attached hydrogens (primary N) is 1. The van der Waals surface area contributed by atoms with E-state index in [1.165, 1.54) is 0 Å². The molecule has 5 heteroatoms. The number of morpholine rings is 1. The zero-order chi connectivity index (χ0) is 12.2. The molecule has 4 nitrogen and oxygen atoms in total. The molecule has 0 spiro atoms. The first-order valence-corrected chi connectivity index (χ1v) is 5.57. The lowest BCUT2D eigenvalue weighted by atomic mass is 9.88. The Kier molecular flexibility index (Phi) is 6.87. The second kappa shape index (κ2) is 7.07. The molecule has 1 unspecified atom stereocenters. The van der Waals surface area contributed by atoms with Crippen LogP contribution in [0.2, 0.25) is 0 Å². The smallest absolute Gasteiger partial charge is 0.192 e. The first-order chi connectivity index (χ1) is 7.45. The van der Waals surface area contributed by atoms with Gasteiger partial charge in [0.2, 0.25) is 0 Å². The van der Waals surface area contributed by atoms with E-state index in [1.54, 1.807) is 0 Å². The van der Waals surface area contributed by atoms with Gasteiger partial charge in [0.05, 0.1) is 13.2 Å². The van der Waals surface area contributed by atoms with E-state index in [-0.39, 0.29) is 35.4 Å². The summed E-state index contributed by atoms with van der Waals surface area (Å²) in [6.45, 7) is 9.17. The summed E-state index contributed by atoms with van der Waals surface area (Å²) in [5.41, 5.74) is 5.88. The van der Waals surface area contributed by atoms with Crippen LogP contribution >= 0.6 is 24.0 Å². The number of ether oxygens (including phenoxy) is 1. The molecular formula is C12H22IN3O. The fraction of sp³-hybridized carbons (Fsp3) is 0.750. The van der Waals surface area contributed by atoms with Crippen LogP contribution in [0.1, 0.15) is 20.8 Å². The van der Waals surface area contributed by atoms with Crippen LogP contribution in [-0.4, -0.2) is 43.2 Å². The Balaban J connectivity index is 0.00000256. The fourth-order valence-corrected chi connectivity index (χ4v) is 1.49. The van der Waals surface area contributed by atoms with Gasteiger partial charge in [-0.3, -0.25) is 0 Å². The van der Waals surface area contributed by atoms with Crippen molar-refractivity contribution in [3.63, 3.8) is 0 Å². The van der Waals surface area contributed by atoms with Crippen LogP contribution in [0.5, 0.6) is 0 Å². The zero-order valence-corrected chi connectivity index (χ0v) is 13.1. The molecular weight excluding hydrogens is 329 g/mol.